The Morgan fingerprint density at radius 1 is 1.50 bits per heavy atom. The SMILES string of the molecule is O=Cc1cccc(BOOO)c1. The highest BCUT2D eigenvalue weighted by molar-refractivity contribution is 6.46. The summed E-state index contributed by atoms with van der Waals surface area (Å²) in [5.74, 6) is 0. The Morgan fingerprint density at radius 3 is 3.00 bits per heavy atom. The van der Waals surface area contributed by atoms with Crippen LogP contribution >= 0.6 is 0 Å². The zero-order valence-electron chi connectivity index (χ0n) is 6.27. The molecule has 4 nitrogen and oxygen atoms in total. The van der Waals surface area contributed by atoms with Gasteiger partial charge in [-0.05, 0) is 5.46 Å². The molecule has 0 saturated heterocycles. The molecule has 0 atom stereocenters. The van der Waals surface area contributed by atoms with Gasteiger partial charge in [0.1, 0.15) is 6.29 Å². The third-order valence-electron chi connectivity index (χ3n) is 1.37. The van der Waals surface area contributed by atoms with Crippen molar-refractivity contribution in [3.63, 3.8) is 0 Å². The highest BCUT2D eigenvalue weighted by Gasteiger charge is 1.98. The Bertz CT molecular complexity index is 263. The first-order valence-corrected chi connectivity index (χ1v) is 3.34. The quantitative estimate of drug-likeness (QED) is 0.293. The number of carbonyl (C=O) groups is 1. The van der Waals surface area contributed by atoms with Crippen molar-refractivity contribution in [3.8, 4) is 0 Å². The van der Waals surface area contributed by atoms with Gasteiger partial charge in [0.25, 0.3) is 0 Å². The van der Waals surface area contributed by atoms with Crippen LogP contribution in [0.15, 0.2) is 24.3 Å². The molecule has 0 aliphatic carbocycles. The summed E-state index contributed by atoms with van der Waals surface area (Å²) in [7, 11) is 0.109. The van der Waals surface area contributed by atoms with Crippen molar-refractivity contribution in [2.75, 3.05) is 0 Å². The lowest BCUT2D eigenvalue weighted by atomic mass is 9.88. The Kier molecular flexibility index (Phi) is 3.47. The molecule has 5 heteroatoms. The molecule has 1 aromatic rings. The van der Waals surface area contributed by atoms with Gasteiger partial charge >= 0.3 is 7.48 Å². The van der Waals surface area contributed by atoms with Gasteiger partial charge < -0.3 is 0 Å². The zero-order chi connectivity index (χ0) is 8.81. The fourth-order valence-corrected chi connectivity index (χ4v) is 0.851. The van der Waals surface area contributed by atoms with E-state index in [0.717, 1.165) is 11.7 Å². The molecule has 62 valence electrons. The minimum Gasteiger partial charge on any atom is -0.298 e. The van der Waals surface area contributed by atoms with Crippen molar-refractivity contribution in [1.29, 1.82) is 0 Å². The van der Waals surface area contributed by atoms with Gasteiger partial charge in [0, 0.05) is 5.56 Å². The molecule has 12 heavy (non-hydrogen) atoms. The van der Waals surface area contributed by atoms with Gasteiger partial charge in [-0.25, -0.2) is 5.26 Å². The number of carbonyl (C=O) groups excluding carboxylic acids is 1. The minimum atomic E-state index is 0.109. The summed E-state index contributed by atoms with van der Waals surface area (Å²) in [6, 6.07) is 6.80. The number of aldehydes is 1. The molecule has 0 radical (unpaired) electrons. The second-order valence-corrected chi connectivity index (χ2v) is 2.20. The smallest absolute Gasteiger partial charge is 0.298 e. The molecule has 0 unspecified atom stereocenters. The summed E-state index contributed by atoms with van der Waals surface area (Å²) in [5.41, 5.74) is 1.32. The third-order valence-corrected chi connectivity index (χ3v) is 1.37. The van der Waals surface area contributed by atoms with E-state index in [0.29, 0.717) is 5.56 Å². The van der Waals surface area contributed by atoms with Gasteiger partial charge in [-0.2, -0.15) is 0 Å². The standard InChI is InChI=1S/C7H7BO4/c9-5-6-2-1-3-7(4-6)8-11-12-10/h1-5,8,10H. The maximum absolute atomic E-state index is 10.3. The van der Waals surface area contributed by atoms with E-state index in [1.54, 1.807) is 24.3 Å². The predicted octanol–water partition coefficient (Wildman–Crippen LogP) is -0.103. The van der Waals surface area contributed by atoms with Crippen LogP contribution < -0.4 is 5.46 Å². The normalized spacial score (nSPS) is 9.42. The highest BCUT2D eigenvalue weighted by atomic mass is 17.5. The molecule has 0 heterocycles. The fourth-order valence-electron chi connectivity index (χ4n) is 0.851. The number of rotatable bonds is 4. The van der Waals surface area contributed by atoms with Crippen LogP contribution in [0.2, 0.25) is 0 Å². The molecular weight excluding hydrogens is 159 g/mol. The molecule has 1 rings (SSSR count). The Labute approximate surface area is 69.9 Å². The van der Waals surface area contributed by atoms with Crippen LogP contribution in [0.4, 0.5) is 0 Å². The molecule has 0 aliphatic heterocycles. The molecule has 0 amide bonds. The molecular formula is C7H7BO4. The largest absolute Gasteiger partial charge is 0.360 e. The van der Waals surface area contributed by atoms with Crippen LogP contribution in [0.1, 0.15) is 10.4 Å². The second-order valence-electron chi connectivity index (χ2n) is 2.20. The lowest BCUT2D eigenvalue weighted by Gasteiger charge is -1.97. The maximum Gasteiger partial charge on any atom is 0.360 e. The van der Waals surface area contributed by atoms with Gasteiger partial charge in [-0.3, -0.25) is 9.60 Å². The van der Waals surface area contributed by atoms with Crippen molar-refractivity contribution < 1.29 is 19.9 Å². The maximum atomic E-state index is 10.3. The first-order chi connectivity index (χ1) is 5.86. The van der Waals surface area contributed by atoms with Gasteiger partial charge in [0.15, 0.2) is 0 Å². The summed E-state index contributed by atoms with van der Waals surface area (Å²) < 4.78 is 0. The second kappa shape index (κ2) is 4.66. The highest BCUT2D eigenvalue weighted by Crippen LogP contribution is 1.91. The lowest BCUT2D eigenvalue weighted by Crippen LogP contribution is -2.17. The van der Waals surface area contributed by atoms with Gasteiger partial charge in [0.05, 0.1) is 0 Å². The number of benzene rings is 1. The topological polar surface area (TPSA) is 55.8 Å². The molecule has 1 N–H and O–H groups in total. The molecule has 0 bridgehead atoms. The first kappa shape index (κ1) is 8.93. The molecule has 0 saturated carbocycles. The van der Waals surface area contributed by atoms with Crippen molar-refractivity contribution in [2.45, 2.75) is 0 Å². The average molecular weight is 166 g/mol. The monoisotopic (exact) mass is 166 g/mol. The Hall–Kier alpha value is -1.17. The van der Waals surface area contributed by atoms with Crippen LogP contribution in [0.3, 0.4) is 0 Å². The molecule has 0 fully saturated rings. The van der Waals surface area contributed by atoms with E-state index in [-0.39, 0.29) is 7.48 Å². The zero-order valence-corrected chi connectivity index (χ0v) is 6.27. The minimum absolute atomic E-state index is 0.109. The summed E-state index contributed by atoms with van der Waals surface area (Å²) >= 11 is 0. The summed E-state index contributed by atoms with van der Waals surface area (Å²) in [6.07, 6.45) is 0.739. The van der Waals surface area contributed by atoms with Crippen LogP contribution in [-0.2, 0) is 9.84 Å². The van der Waals surface area contributed by atoms with Gasteiger partial charge in [-0.15, -0.1) is 0 Å². The van der Waals surface area contributed by atoms with E-state index in [1.807, 2.05) is 0 Å². The fraction of sp³-hybridized carbons (Fsp3) is 0. The third kappa shape index (κ3) is 2.46. The first-order valence-electron chi connectivity index (χ1n) is 3.34. The predicted molar refractivity (Wildman–Crippen MR) is 43.4 cm³/mol. The summed E-state index contributed by atoms with van der Waals surface area (Å²) in [5, 5.41) is 11.3. The van der Waals surface area contributed by atoms with E-state index in [2.05, 4.69) is 9.84 Å². The summed E-state index contributed by atoms with van der Waals surface area (Å²) in [4.78, 5) is 14.6. The molecule has 0 spiro atoms. The molecule has 0 aliphatic rings. The van der Waals surface area contributed by atoms with E-state index in [9.17, 15) is 4.79 Å². The van der Waals surface area contributed by atoms with Crippen LogP contribution in [0, 0.1) is 0 Å². The molecule has 0 aromatic heterocycles. The van der Waals surface area contributed by atoms with Crippen LogP contribution in [0.25, 0.3) is 0 Å². The van der Waals surface area contributed by atoms with Crippen molar-refractivity contribution in [2.24, 2.45) is 0 Å². The van der Waals surface area contributed by atoms with Crippen LogP contribution in [-0.4, -0.2) is 19.0 Å². The van der Waals surface area contributed by atoms with Crippen molar-refractivity contribution in [1.82, 2.24) is 0 Å². The van der Waals surface area contributed by atoms with E-state index < -0.39 is 0 Å². The lowest BCUT2D eigenvalue weighted by molar-refractivity contribution is -0.441. The average Bonchev–Trinajstić information content (AvgIpc) is 2.15. The van der Waals surface area contributed by atoms with E-state index >= 15 is 0 Å². The van der Waals surface area contributed by atoms with Crippen molar-refractivity contribution in [3.05, 3.63) is 29.8 Å². The van der Waals surface area contributed by atoms with Crippen LogP contribution in [0.5, 0.6) is 0 Å². The number of hydrogen-bond acceptors (Lipinski definition) is 4. The van der Waals surface area contributed by atoms with Crippen molar-refractivity contribution >= 4 is 19.2 Å². The van der Waals surface area contributed by atoms with E-state index in [4.69, 9.17) is 5.26 Å². The Morgan fingerprint density at radius 2 is 2.33 bits per heavy atom. The number of hydrogen-bond donors (Lipinski definition) is 1. The Balaban J connectivity index is 2.66. The van der Waals surface area contributed by atoms with E-state index in [1.165, 1.54) is 0 Å². The molecule has 1 aromatic carbocycles. The summed E-state index contributed by atoms with van der Waals surface area (Å²) in [6.45, 7) is 0. The van der Waals surface area contributed by atoms with Gasteiger partial charge in [0.2, 0.25) is 0 Å². The van der Waals surface area contributed by atoms with Gasteiger partial charge in [-0.1, -0.05) is 29.3 Å².